The lowest BCUT2D eigenvalue weighted by Crippen LogP contribution is -1.87. The van der Waals surface area contributed by atoms with Crippen molar-refractivity contribution in [2.75, 3.05) is 12.8 Å². The van der Waals surface area contributed by atoms with Crippen molar-refractivity contribution in [1.82, 2.24) is 0 Å². The van der Waals surface area contributed by atoms with Crippen molar-refractivity contribution in [3.63, 3.8) is 0 Å². The fraction of sp³-hybridized carbons (Fsp3) is 0.0769. The van der Waals surface area contributed by atoms with Crippen LogP contribution in [0.3, 0.4) is 0 Å². The van der Waals surface area contributed by atoms with E-state index in [-0.39, 0.29) is 5.75 Å². The number of hydrogen-bond donors (Lipinski definition) is 2. The van der Waals surface area contributed by atoms with Gasteiger partial charge >= 0.3 is 0 Å². The molecule has 0 bridgehead atoms. The van der Waals surface area contributed by atoms with Crippen LogP contribution < -0.4 is 10.5 Å². The van der Waals surface area contributed by atoms with Crippen molar-refractivity contribution in [1.29, 1.82) is 0 Å². The van der Waals surface area contributed by atoms with Crippen LogP contribution >= 0.6 is 0 Å². The van der Waals surface area contributed by atoms with E-state index in [2.05, 4.69) is 0 Å². The zero-order chi connectivity index (χ0) is 11.5. The first-order valence-corrected chi connectivity index (χ1v) is 4.93. The topological polar surface area (TPSA) is 55.5 Å². The molecule has 0 unspecified atom stereocenters. The monoisotopic (exact) mass is 215 g/mol. The molecule has 3 heteroatoms. The summed E-state index contributed by atoms with van der Waals surface area (Å²) in [5.74, 6) is 1.01. The number of hydrogen-bond acceptors (Lipinski definition) is 3. The lowest BCUT2D eigenvalue weighted by atomic mass is 10.0. The normalized spacial score (nSPS) is 10.1. The molecule has 3 nitrogen and oxygen atoms in total. The second kappa shape index (κ2) is 4.14. The number of ether oxygens (including phenoxy) is 1. The molecule has 0 heterocycles. The van der Waals surface area contributed by atoms with Crippen LogP contribution in [-0.4, -0.2) is 12.2 Å². The highest BCUT2D eigenvalue weighted by Crippen LogP contribution is 2.31. The Hall–Kier alpha value is -2.16. The Labute approximate surface area is 94.1 Å². The van der Waals surface area contributed by atoms with E-state index in [4.69, 9.17) is 10.5 Å². The minimum Gasteiger partial charge on any atom is -0.507 e. The van der Waals surface area contributed by atoms with Crippen molar-refractivity contribution >= 4 is 5.69 Å². The van der Waals surface area contributed by atoms with Gasteiger partial charge in [-0.05, 0) is 35.9 Å². The first-order chi connectivity index (χ1) is 7.70. The van der Waals surface area contributed by atoms with Crippen LogP contribution in [-0.2, 0) is 0 Å². The summed E-state index contributed by atoms with van der Waals surface area (Å²) in [7, 11) is 1.62. The molecule has 0 saturated heterocycles. The van der Waals surface area contributed by atoms with E-state index < -0.39 is 0 Å². The Balaban J connectivity index is 2.45. The van der Waals surface area contributed by atoms with Gasteiger partial charge in [0.25, 0.3) is 0 Å². The van der Waals surface area contributed by atoms with Crippen LogP contribution in [0.2, 0.25) is 0 Å². The number of rotatable bonds is 2. The molecule has 2 aromatic carbocycles. The molecular weight excluding hydrogens is 202 g/mol. The molecule has 3 N–H and O–H groups in total. The Bertz CT molecular complexity index is 492. The molecule has 0 saturated carbocycles. The van der Waals surface area contributed by atoms with Gasteiger partial charge in [0.1, 0.15) is 11.5 Å². The van der Waals surface area contributed by atoms with Crippen molar-refractivity contribution < 1.29 is 9.84 Å². The molecule has 0 atom stereocenters. The number of nitrogens with two attached hydrogens (primary N) is 1. The first kappa shape index (κ1) is 10.4. The van der Waals surface area contributed by atoms with Crippen LogP contribution in [0.1, 0.15) is 0 Å². The highest BCUT2D eigenvalue weighted by atomic mass is 16.5. The number of benzene rings is 2. The zero-order valence-corrected chi connectivity index (χ0v) is 8.97. The fourth-order valence-corrected chi connectivity index (χ4v) is 1.56. The van der Waals surface area contributed by atoms with E-state index >= 15 is 0 Å². The molecule has 16 heavy (non-hydrogen) atoms. The molecule has 0 radical (unpaired) electrons. The Kier molecular flexibility index (Phi) is 2.68. The Morgan fingerprint density at radius 1 is 1.06 bits per heavy atom. The van der Waals surface area contributed by atoms with Gasteiger partial charge in [-0.2, -0.15) is 0 Å². The fourth-order valence-electron chi connectivity index (χ4n) is 1.56. The van der Waals surface area contributed by atoms with Crippen molar-refractivity contribution in [2.24, 2.45) is 0 Å². The number of methoxy groups -OCH3 is 1. The third-order valence-corrected chi connectivity index (χ3v) is 2.42. The smallest absolute Gasteiger partial charge is 0.123 e. The summed E-state index contributed by atoms with van der Waals surface area (Å²) in [5, 5.41) is 9.73. The van der Waals surface area contributed by atoms with Crippen LogP contribution in [0.5, 0.6) is 11.5 Å². The van der Waals surface area contributed by atoms with Crippen molar-refractivity contribution in [2.45, 2.75) is 0 Å². The van der Waals surface area contributed by atoms with Crippen molar-refractivity contribution in [3.05, 3.63) is 42.5 Å². The predicted molar refractivity (Wildman–Crippen MR) is 64.5 cm³/mol. The summed E-state index contributed by atoms with van der Waals surface area (Å²) < 4.78 is 5.07. The van der Waals surface area contributed by atoms with Gasteiger partial charge in [-0.15, -0.1) is 0 Å². The molecule has 0 spiro atoms. The van der Waals surface area contributed by atoms with Gasteiger partial charge in [0.2, 0.25) is 0 Å². The Morgan fingerprint density at radius 2 is 1.75 bits per heavy atom. The number of phenolic OH excluding ortho intramolecular Hbond substituents is 1. The summed E-state index contributed by atoms with van der Waals surface area (Å²) in [6.07, 6.45) is 0. The van der Waals surface area contributed by atoms with Crippen LogP contribution in [0.25, 0.3) is 11.1 Å². The van der Waals surface area contributed by atoms with Gasteiger partial charge in [-0.25, -0.2) is 0 Å². The van der Waals surface area contributed by atoms with Gasteiger partial charge in [-0.3, -0.25) is 0 Å². The predicted octanol–water partition coefficient (Wildman–Crippen LogP) is 2.65. The van der Waals surface area contributed by atoms with E-state index in [1.54, 1.807) is 25.3 Å². The molecule has 0 fully saturated rings. The number of aromatic hydroxyl groups is 1. The van der Waals surface area contributed by atoms with Gasteiger partial charge in [0, 0.05) is 11.3 Å². The molecule has 0 aliphatic heterocycles. The molecule has 82 valence electrons. The summed E-state index contributed by atoms with van der Waals surface area (Å²) in [4.78, 5) is 0. The molecular formula is C13H13NO2. The minimum atomic E-state index is 0.222. The van der Waals surface area contributed by atoms with E-state index in [0.29, 0.717) is 5.69 Å². The van der Waals surface area contributed by atoms with Gasteiger partial charge in [-0.1, -0.05) is 12.1 Å². The summed E-state index contributed by atoms with van der Waals surface area (Å²) in [5.41, 5.74) is 7.95. The summed E-state index contributed by atoms with van der Waals surface area (Å²) in [6, 6.07) is 12.5. The first-order valence-electron chi connectivity index (χ1n) is 4.93. The maximum absolute atomic E-state index is 9.73. The van der Waals surface area contributed by atoms with Gasteiger partial charge < -0.3 is 15.6 Å². The SMILES string of the molecule is COc1ccc(-c2cc(N)ccc2O)cc1. The molecule has 0 aliphatic rings. The van der Waals surface area contributed by atoms with Crippen molar-refractivity contribution in [3.8, 4) is 22.6 Å². The standard InChI is InChI=1S/C13H13NO2/c1-16-11-5-2-9(3-6-11)12-8-10(14)4-7-13(12)15/h2-8,15H,14H2,1H3. The van der Waals surface area contributed by atoms with Crippen LogP contribution in [0, 0.1) is 0 Å². The lowest BCUT2D eigenvalue weighted by Gasteiger charge is -2.06. The average Bonchev–Trinajstić information content (AvgIpc) is 2.32. The number of phenols is 1. The lowest BCUT2D eigenvalue weighted by molar-refractivity contribution is 0.415. The van der Waals surface area contributed by atoms with Gasteiger partial charge in [0.05, 0.1) is 7.11 Å². The minimum absolute atomic E-state index is 0.222. The van der Waals surface area contributed by atoms with E-state index in [1.807, 2.05) is 24.3 Å². The zero-order valence-electron chi connectivity index (χ0n) is 8.97. The molecule has 0 amide bonds. The van der Waals surface area contributed by atoms with E-state index in [0.717, 1.165) is 16.9 Å². The van der Waals surface area contributed by atoms with E-state index in [1.165, 1.54) is 0 Å². The number of anilines is 1. The second-order valence-corrected chi connectivity index (χ2v) is 3.51. The molecule has 2 rings (SSSR count). The molecule has 2 aromatic rings. The average molecular weight is 215 g/mol. The van der Waals surface area contributed by atoms with Gasteiger partial charge in [0.15, 0.2) is 0 Å². The van der Waals surface area contributed by atoms with Crippen LogP contribution in [0.4, 0.5) is 5.69 Å². The maximum Gasteiger partial charge on any atom is 0.123 e. The molecule has 0 aliphatic carbocycles. The largest absolute Gasteiger partial charge is 0.507 e. The second-order valence-electron chi connectivity index (χ2n) is 3.51. The number of nitrogen functional groups attached to an aromatic ring is 1. The highest BCUT2D eigenvalue weighted by molar-refractivity contribution is 5.73. The van der Waals surface area contributed by atoms with Crippen LogP contribution in [0.15, 0.2) is 42.5 Å². The maximum atomic E-state index is 9.73. The third-order valence-electron chi connectivity index (χ3n) is 2.42. The highest BCUT2D eigenvalue weighted by Gasteiger charge is 2.04. The third kappa shape index (κ3) is 1.93. The summed E-state index contributed by atoms with van der Waals surface area (Å²) in [6.45, 7) is 0. The van der Waals surface area contributed by atoms with E-state index in [9.17, 15) is 5.11 Å². The quantitative estimate of drug-likeness (QED) is 0.598. The summed E-state index contributed by atoms with van der Waals surface area (Å²) >= 11 is 0. The Morgan fingerprint density at radius 3 is 2.38 bits per heavy atom. The molecule has 0 aromatic heterocycles.